The Morgan fingerprint density at radius 2 is 2.00 bits per heavy atom. The van der Waals surface area contributed by atoms with Crippen LogP contribution >= 0.6 is 0 Å². The summed E-state index contributed by atoms with van der Waals surface area (Å²) >= 11 is 0. The molecule has 0 aliphatic carbocycles. The predicted molar refractivity (Wildman–Crippen MR) is 95.3 cm³/mol. The molecule has 1 amide bonds. The smallest absolute Gasteiger partial charge is 0.339 e. The molecule has 0 aliphatic heterocycles. The molecule has 0 aromatic heterocycles. The van der Waals surface area contributed by atoms with Gasteiger partial charge in [-0.15, -0.1) is 0 Å². The summed E-state index contributed by atoms with van der Waals surface area (Å²) in [4.78, 5) is 36.0. The molecule has 142 valence electrons. The molecule has 2 aromatic rings. The molecule has 2 rings (SSSR count). The number of ether oxygens (including phenoxy) is 1. The first-order chi connectivity index (χ1) is 12.7. The maximum Gasteiger partial charge on any atom is 0.339 e. The number of carbonyl (C=O) groups excluding carboxylic acids is 2. The van der Waals surface area contributed by atoms with E-state index in [1.54, 1.807) is 6.07 Å². The summed E-state index contributed by atoms with van der Waals surface area (Å²) in [7, 11) is 1.49. The predicted octanol–water partition coefficient (Wildman–Crippen LogP) is 2.52. The molecule has 8 nitrogen and oxygen atoms in total. The average molecular weight is 375 g/mol. The Morgan fingerprint density at radius 3 is 2.63 bits per heavy atom. The van der Waals surface area contributed by atoms with E-state index >= 15 is 0 Å². The highest BCUT2D eigenvalue weighted by atomic mass is 19.1. The van der Waals surface area contributed by atoms with E-state index in [0.717, 1.165) is 6.07 Å². The van der Waals surface area contributed by atoms with Crippen molar-refractivity contribution in [1.82, 2.24) is 4.90 Å². The van der Waals surface area contributed by atoms with Crippen molar-refractivity contribution in [2.24, 2.45) is 0 Å². The van der Waals surface area contributed by atoms with Crippen molar-refractivity contribution in [1.29, 1.82) is 0 Å². The summed E-state index contributed by atoms with van der Waals surface area (Å²) in [6, 6.07) is 9.27. The first-order valence-electron chi connectivity index (χ1n) is 7.93. The highest BCUT2D eigenvalue weighted by Gasteiger charge is 2.24. The van der Waals surface area contributed by atoms with Crippen molar-refractivity contribution in [3.05, 3.63) is 69.5 Å². The van der Waals surface area contributed by atoms with Crippen molar-refractivity contribution in [2.45, 2.75) is 19.6 Å². The number of halogens is 1. The fourth-order valence-corrected chi connectivity index (χ4v) is 2.41. The third-order valence-electron chi connectivity index (χ3n) is 3.78. The first-order valence-corrected chi connectivity index (χ1v) is 7.93. The van der Waals surface area contributed by atoms with Crippen LogP contribution in [0.25, 0.3) is 0 Å². The number of esters is 1. The molecule has 0 saturated carbocycles. The van der Waals surface area contributed by atoms with Gasteiger partial charge in [-0.1, -0.05) is 12.1 Å². The van der Waals surface area contributed by atoms with Crippen LogP contribution in [0.15, 0.2) is 42.5 Å². The van der Waals surface area contributed by atoms with Crippen molar-refractivity contribution in [3.63, 3.8) is 0 Å². The van der Waals surface area contributed by atoms with Crippen LogP contribution in [-0.2, 0) is 16.1 Å². The van der Waals surface area contributed by atoms with Gasteiger partial charge in [0.25, 0.3) is 11.6 Å². The van der Waals surface area contributed by atoms with Gasteiger partial charge in [-0.2, -0.15) is 0 Å². The quantitative estimate of drug-likeness (QED) is 0.359. The largest absolute Gasteiger partial charge is 0.449 e. The second kappa shape index (κ2) is 8.26. The average Bonchev–Trinajstić information content (AvgIpc) is 2.60. The van der Waals surface area contributed by atoms with Crippen molar-refractivity contribution >= 4 is 23.3 Å². The Balaban J connectivity index is 2.04. The standard InChI is InChI=1S/C18H18FN3O5/c1-11(17(23)21(2)10-12-4-3-5-14(19)8-12)27-18(24)13-6-7-15(20)16(9-13)22(25)26/h3-9,11H,10,20H2,1-2H3/t11-/m0/s1. The number of nitrogens with zero attached hydrogens (tertiary/aromatic N) is 2. The van der Waals surface area contributed by atoms with E-state index < -0.39 is 34.4 Å². The number of hydrogen-bond donors (Lipinski definition) is 1. The highest BCUT2D eigenvalue weighted by Crippen LogP contribution is 2.23. The Labute approximate surface area is 154 Å². The monoisotopic (exact) mass is 375 g/mol. The third kappa shape index (κ3) is 5.00. The molecule has 27 heavy (non-hydrogen) atoms. The maximum absolute atomic E-state index is 13.2. The molecule has 2 aromatic carbocycles. The van der Waals surface area contributed by atoms with Gasteiger partial charge in [0.05, 0.1) is 10.5 Å². The molecule has 0 heterocycles. The lowest BCUT2D eigenvalue weighted by molar-refractivity contribution is -0.383. The summed E-state index contributed by atoms with van der Waals surface area (Å²) in [6.07, 6.45) is -1.13. The number of rotatable bonds is 6. The maximum atomic E-state index is 13.2. The zero-order valence-corrected chi connectivity index (χ0v) is 14.7. The van der Waals surface area contributed by atoms with Crippen LogP contribution < -0.4 is 5.73 Å². The second-order valence-corrected chi connectivity index (χ2v) is 5.90. The molecule has 0 spiro atoms. The molecular formula is C18H18FN3O5. The fourth-order valence-electron chi connectivity index (χ4n) is 2.41. The van der Waals surface area contributed by atoms with E-state index in [1.165, 1.54) is 49.2 Å². The topological polar surface area (TPSA) is 116 Å². The third-order valence-corrected chi connectivity index (χ3v) is 3.78. The van der Waals surface area contributed by atoms with E-state index in [4.69, 9.17) is 10.5 Å². The van der Waals surface area contributed by atoms with E-state index in [1.807, 2.05) is 0 Å². The fraction of sp³-hybridized carbons (Fsp3) is 0.222. The van der Waals surface area contributed by atoms with Crippen LogP contribution in [-0.4, -0.2) is 34.9 Å². The van der Waals surface area contributed by atoms with Crippen LogP contribution in [0.2, 0.25) is 0 Å². The van der Waals surface area contributed by atoms with E-state index in [-0.39, 0.29) is 17.8 Å². The number of benzene rings is 2. The van der Waals surface area contributed by atoms with Gasteiger partial charge >= 0.3 is 5.97 Å². The number of anilines is 1. The molecular weight excluding hydrogens is 357 g/mol. The summed E-state index contributed by atoms with van der Waals surface area (Å²) in [5.41, 5.74) is 5.46. The number of amides is 1. The van der Waals surface area contributed by atoms with Gasteiger partial charge in [0.15, 0.2) is 6.10 Å². The van der Waals surface area contributed by atoms with Gasteiger partial charge in [-0.25, -0.2) is 9.18 Å². The van der Waals surface area contributed by atoms with Gasteiger partial charge in [0, 0.05) is 19.7 Å². The summed E-state index contributed by atoms with van der Waals surface area (Å²) < 4.78 is 18.3. The lowest BCUT2D eigenvalue weighted by Gasteiger charge is -2.21. The summed E-state index contributed by atoms with van der Waals surface area (Å²) in [5, 5.41) is 10.9. The van der Waals surface area contributed by atoms with Crippen molar-refractivity contribution in [3.8, 4) is 0 Å². The SMILES string of the molecule is C[C@H](OC(=O)c1ccc(N)c([N+](=O)[O-])c1)C(=O)N(C)Cc1cccc(F)c1. The Kier molecular flexibility index (Phi) is 6.07. The van der Waals surface area contributed by atoms with E-state index in [9.17, 15) is 24.1 Å². The van der Waals surface area contributed by atoms with E-state index in [0.29, 0.717) is 5.56 Å². The molecule has 0 bridgehead atoms. The van der Waals surface area contributed by atoms with Gasteiger partial charge in [0.1, 0.15) is 11.5 Å². The Hall–Kier alpha value is -3.49. The Morgan fingerprint density at radius 1 is 1.30 bits per heavy atom. The minimum atomic E-state index is -1.13. The molecule has 1 atom stereocenters. The summed E-state index contributed by atoms with van der Waals surface area (Å²) in [6.45, 7) is 1.51. The number of carbonyl (C=O) groups is 2. The van der Waals surface area contributed by atoms with Gasteiger partial charge < -0.3 is 15.4 Å². The van der Waals surface area contributed by atoms with Gasteiger partial charge in [-0.3, -0.25) is 14.9 Å². The van der Waals surface area contributed by atoms with Gasteiger partial charge in [-0.05, 0) is 36.8 Å². The van der Waals surface area contributed by atoms with Crippen LogP contribution in [0.3, 0.4) is 0 Å². The van der Waals surface area contributed by atoms with E-state index in [2.05, 4.69) is 0 Å². The number of hydrogen-bond acceptors (Lipinski definition) is 6. The number of nitrogens with two attached hydrogens (primary N) is 1. The van der Waals surface area contributed by atoms with Crippen LogP contribution in [0.5, 0.6) is 0 Å². The normalized spacial score (nSPS) is 11.5. The molecule has 0 fully saturated rings. The number of nitrogen functional groups attached to an aromatic ring is 1. The van der Waals surface area contributed by atoms with Crippen LogP contribution in [0, 0.1) is 15.9 Å². The Bertz CT molecular complexity index is 887. The first kappa shape index (κ1) is 19.8. The number of nitro benzene ring substituents is 1. The van der Waals surface area contributed by atoms with Gasteiger partial charge in [0.2, 0.25) is 0 Å². The molecule has 0 radical (unpaired) electrons. The number of nitro groups is 1. The van der Waals surface area contributed by atoms with Crippen LogP contribution in [0.4, 0.5) is 15.8 Å². The molecule has 0 unspecified atom stereocenters. The zero-order chi connectivity index (χ0) is 20.1. The number of likely N-dealkylation sites (N-methyl/N-ethyl adjacent to an activating group) is 1. The summed E-state index contributed by atoms with van der Waals surface area (Å²) in [5.74, 6) is -1.81. The highest BCUT2D eigenvalue weighted by molar-refractivity contribution is 5.93. The molecule has 9 heteroatoms. The molecule has 0 saturated heterocycles. The lowest BCUT2D eigenvalue weighted by Crippen LogP contribution is -2.37. The lowest BCUT2D eigenvalue weighted by atomic mass is 10.1. The van der Waals surface area contributed by atoms with Crippen molar-refractivity contribution < 1.29 is 23.6 Å². The minimum Gasteiger partial charge on any atom is -0.449 e. The van der Waals surface area contributed by atoms with Crippen molar-refractivity contribution in [2.75, 3.05) is 12.8 Å². The van der Waals surface area contributed by atoms with Crippen LogP contribution in [0.1, 0.15) is 22.8 Å². The molecule has 2 N–H and O–H groups in total. The molecule has 0 aliphatic rings. The second-order valence-electron chi connectivity index (χ2n) is 5.90. The minimum absolute atomic E-state index is 0.0875. The zero-order valence-electron chi connectivity index (χ0n) is 14.7.